The predicted octanol–water partition coefficient (Wildman–Crippen LogP) is 2.32. The van der Waals surface area contributed by atoms with Crippen molar-refractivity contribution < 1.29 is 27.5 Å². The van der Waals surface area contributed by atoms with Gasteiger partial charge in [0.15, 0.2) is 6.61 Å². The van der Waals surface area contributed by atoms with Crippen LogP contribution in [0.15, 0.2) is 53.4 Å². The number of esters is 1. The van der Waals surface area contributed by atoms with E-state index in [-0.39, 0.29) is 10.8 Å². The van der Waals surface area contributed by atoms with Gasteiger partial charge in [-0.3, -0.25) is 14.4 Å². The Bertz CT molecular complexity index is 1120. The Morgan fingerprint density at radius 2 is 1.91 bits per heavy atom. The van der Waals surface area contributed by atoms with Gasteiger partial charge in [0.1, 0.15) is 6.04 Å². The average Bonchev–Trinajstić information content (AvgIpc) is 3.18. The van der Waals surface area contributed by atoms with Crippen molar-refractivity contribution in [2.24, 2.45) is 0 Å². The predicted molar refractivity (Wildman–Crippen MR) is 119 cm³/mol. The van der Waals surface area contributed by atoms with Crippen molar-refractivity contribution in [1.82, 2.24) is 4.72 Å². The first-order valence-electron chi connectivity index (χ1n) is 9.80. The molecule has 2 amide bonds. The molecule has 32 heavy (non-hydrogen) atoms. The van der Waals surface area contributed by atoms with E-state index in [1.165, 1.54) is 31.2 Å². The van der Waals surface area contributed by atoms with E-state index in [4.69, 9.17) is 16.3 Å². The number of sulfonamides is 1. The van der Waals surface area contributed by atoms with Crippen LogP contribution in [-0.2, 0) is 29.1 Å². The number of rotatable bonds is 8. The van der Waals surface area contributed by atoms with Crippen LogP contribution in [-0.4, -0.2) is 45.4 Å². The first-order valence-corrected chi connectivity index (χ1v) is 11.7. The van der Waals surface area contributed by atoms with Gasteiger partial charge in [-0.05, 0) is 55.8 Å². The first kappa shape index (κ1) is 23.7. The van der Waals surface area contributed by atoms with E-state index in [1.54, 1.807) is 29.2 Å². The molecular formula is C21H22ClN3O6S. The molecule has 170 valence electrons. The number of hydrogen-bond acceptors (Lipinski definition) is 6. The lowest BCUT2D eigenvalue weighted by Crippen LogP contribution is -2.40. The summed E-state index contributed by atoms with van der Waals surface area (Å²) in [4.78, 5) is 37.8. The minimum absolute atomic E-state index is 0.0254. The standard InChI is InChI=1S/C21H22ClN3O6S/c1-14(24-32(29,30)18-9-7-15(22)8-10-18)21(28)31-13-19(26)23-16-4-2-5-17(12-16)25-11-3-6-20(25)27/h2,4-5,7-10,12,14,24H,3,6,11,13H2,1H3,(H,23,26)/t14-/m0/s1. The van der Waals surface area contributed by atoms with E-state index in [2.05, 4.69) is 10.0 Å². The molecule has 1 heterocycles. The van der Waals surface area contributed by atoms with E-state index >= 15 is 0 Å². The van der Waals surface area contributed by atoms with Crippen molar-refractivity contribution in [3.05, 3.63) is 53.6 Å². The number of nitrogens with one attached hydrogen (secondary N) is 2. The van der Waals surface area contributed by atoms with Gasteiger partial charge in [-0.15, -0.1) is 0 Å². The third-order valence-corrected chi connectivity index (χ3v) is 6.48. The molecule has 3 rings (SSSR count). The van der Waals surface area contributed by atoms with E-state index in [1.807, 2.05) is 0 Å². The molecule has 1 aliphatic rings. The van der Waals surface area contributed by atoms with Gasteiger partial charge in [-0.25, -0.2) is 8.42 Å². The molecule has 9 nitrogen and oxygen atoms in total. The fourth-order valence-electron chi connectivity index (χ4n) is 3.09. The number of nitrogens with zero attached hydrogens (tertiary/aromatic N) is 1. The zero-order valence-electron chi connectivity index (χ0n) is 17.2. The molecule has 0 radical (unpaired) electrons. The smallest absolute Gasteiger partial charge is 0.324 e. The highest BCUT2D eigenvalue weighted by Crippen LogP contribution is 2.24. The zero-order valence-corrected chi connectivity index (χ0v) is 18.8. The Morgan fingerprint density at radius 1 is 1.19 bits per heavy atom. The number of anilines is 2. The number of carbonyl (C=O) groups excluding carboxylic acids is 3. The van der Waals surface area contributed by atoms with Gasteiger partial charge >= 0.3 is 5.97 Å². The normalized spacial score (nSPS) is 14.8. The molecule has 11 heteroatoms. The third kappa shape index (κ3) is 6.06. The fraction of sp³-hybridized carbons (Fsp3) is 0.286. The van der Waals surface area contributed by atoms with Gasteiger partial charge in [0.05, 0.1) is 4.90 Å². The average molecular weight is 480 g/mol. The number of halogens is 1. The molecule has 2 aromatic carbocycles. The number of hydrogen-bond donors (Lipinski definition) is 2. The molecule has 2 N–H and O–H groups in total. The SMILES string of the molecule is C[C@H](NS(=O)(=O)c1ccc(Cl)cc1)C(=O)OCC(=O)Nc1cccc(N2CCCC2=O)c1. The van der Waals surface area contributed by atoms with Crippen molar-refractivity contribution in [1.29, 1.82) is 0 Å². The fourth-order valence-corrected chi connectivity index (χ4v) is 4.41. The minimum atomic E-state index is -3.97. The van der Waals surface area contributed by atoms with Gasteiger partial charge in [0.25, 0.3) is 5.91 Å². The van der Waals surface area contributed by atoms with Crippen LogP contribution < -0.4 is 14.9 Å². The maximum Gasteiger partial charge on any atom is 0.324 e. The number of ether oxygens (including phenoxy) is 1. The largest absolute Gasteiger partial charge is 0.454 e. The number of amides is 2. The van der Waals surface area contributed by atoms with Gasteiger partial charge in [-0.2, -0.15) is 4.72 Å². The highest BCUT2D eigenvalue weighted by atomic mass is 35.5. The molecule has 1 aliphatic heterocycles. The second-order valence-electron chi connectivity index (χ2n) is 7.15. The molecule has 0 saturated carbocycles. The summed E-state index contributed by atoms with van der Waals surface area (Å²) in [6, 6.07) is 11.0. The monoisotopic (exact) mass is 479 g/mol. The summed E-state index contributed by atoms with van der Waals surface area (Å²) in [6.07, 6.45) is 1.28. The molecule has 1 fully saturated rings. The summed E-state index contributed by atoms with van der Waals surface area (Å²) in [7, 11) is -3.97. The first-order chi connectivity index (χ1) is 15.2. The van der Waals surface area contributed by atoms with Gasteiger partial charge in [0.2, 0.25) is 15.9 Å². The van der Waals surface area contributed by atoms with E-state index < -0.39 is 34.5 Å². The molecule has 2 aromatic rings. The van der Waals surface area contributed by atoms with Crippen LogP contribution in [0, 0.1) is 0 Å². The summed E-state index contributed by atoms with van der Waals surface area (Å²) in [5.41, 5.74) is 1.12. The summed E-state index contributed by atoms with van der Waals surface area (Å²) in [6.45, 7) is 1.33. The quantitative estimate of drug-likeness (QED) is 0.560. The van der Waals surface area contributed by atoms with Gasteiger partial charge in [-0.1, -0.05) is 17.7 Å². The topological polar surface area (TPSA) is 122 Å². The van der Waals surface area contributed by atoms with Gasteiger partial charge < -0.3 is 15.0 Å². The highest BCUT2D eigenvalue weighted by molar-refractivity contribution is 7.89. The van der Waals surface area contributed by atoms with Crippen LogP contribution in [0.3, 0.4) is 0 Å². The third-order valence-electron chi connectivity index (χ3n) is 4.67. The lowest BCUT2D eigenvalue weighted by molar-refractivity contribution is -0.148. The van der Waals surface area contributed by atoms with Crippen molar-refractivity contribution in [3.8, 4) is 0 Å². The summed E-state index contributed by atoms with van der Waals surface area (Å²) in [5.74, 6) is -1.48. The van der Waals surface area contributed by atoms with Crippen LogP contribution in [0.25, 0.3) is 0 Å². The summed E-state index contributed by atoms with van der Waals surface area (Å²) >= 11 is 5.75. The summed E-state index contributed by atoms with van der Waals surface area (Å²) in [5, 5.41) is 2.96. The zero-order chi connectivity index (χ0) is 23.3. The van der Waals surface area contributed by atoms with Crippen LogP contribution >= 0.6 is 11.6 Å². The van der Waals surface area contributed by atoms with E-state index in [0.717, 1.165) is 6.42 Å². The number of benzene rings is 2. The maximum absolute atomic E-state index is 12.3. The van der Waals surface area contributed by atoms with Crippen LogP contribution in [0.1, 0.15) is 19.8 Å². The molecule has 0 aromatic heterocycles. The lowest BCUT2D eigenvalue weighted by Gasteiger charge is -2.17. The van der Waals surface area contributed by atoms with Crippen LogP contribution in [0.5, 0.6) is 0 Å². The van der Waals surface area contributed by atoms with Crippen LogP contribution in [0.4, 0.5) is 11.4 Å². The van der Waals surface area contributed by atoms with E-state index in [9.17, 15) is 22.8 Å². The van der Waals surface area contributed by atoms with Gasteiger partial charge in [0, 0.05) is 29.4 Å². The molecule has 0 aliphatic carbocycles. The molecule has 0 unspecified atom stereocenters. The second kappa shape index (κ2) is 10.1. The molecule has 0 spiro atoms. The molecule has 0 bridgehead atoms. The Balaban J connectivity index is 1.51. The maximum atomic E-state index is 12.3. The highest BCUT2D eigenvalue weighted by Gasteiger charge is 2.24. The van der Waals surface area contributed by atoms with Crippen LogP contribution in [0.2, 0.25) is 5.02 Å². The Kier molecular flexibility index (Phi) is 7.49. The lowest BCUT2D eigenvalue weighted by atomic mass is 10.2. The molecular weight excluding hydrogens is 458 g/mol. The summed E-state index contributed by atoms with van der Waals surface area (Å²) < 4.78 is 31.8. The van der Waals surface area contributed by atoms with Crippen molar-refractivity contribution >= 4 is 50.8 Å². The van der Waals surface area contributed by atoms with Crippen molar-refractivity contribution in [3.63, 3.8) is 0 Å². The Morgan fingerprint density at radius 3 is 2.56 bits per heavy atom. The van der Waals surface area contributed by atoms with Crippen molar-refractivity contribution in [2.75, 3.05) is 23.4 Å². The Labute approximate surface area is 190 Å². The second-order valence-corrected chi connectivity index (χ2v) is 9.30. The Hall–Kier alpha value is -2.95. The number of carbonyl (C=O) groups is 3. The molecule has 1 atom stereocenters. The minimum Gasteiger partial charge on any atom is -0.454 e. The van der Waals surface area contributed by atoms with E-state index in [0.29, 0.717) is 29.4 Å². The van der Waals surface area contributed by atoms with Crippen molar-refractivity contribution in [2.45, 2.75) is 30.7 Å². The molecule has 1 saturated heterocycles.